The number of alkyl halides is 4. The second-order valence-corrected chi connectivity index (χ2v) is 2.37. The third-order valence-electron chi connectivity index (χ3n) is 0.981. The van der Waals surface area contributed by atoms with Crippen LogP contribution in [0.2, 0.25) is 0 Å². The predicted octanol–water partition coefficient (Wildman–Crippen LogP) is 2.93. The molecule has 1 heterocycles. The summed E-state index contributed by atoms with van der Waals surface area (Å²) >= 11 is -0.885. The summed E-state index contributed by atoms with van der Waals surface area (Å²) in [5, 5.41) is 0. The molecule has 0 aliphatic carbocycles. The molecule has 76 valence electrons. The van der Waals surface area contributed by atoms with Crippen molar-refractivity contribution in [3.8, 4) is 0 Å². The number of rotatable bonds is 0. The molecule has 0 aromatic rings. The summed E-state index contributed by atoms with van der Waals surface area (Å²) in [5.74, 6) is -6.00. The Kier molecular flexibility index (Phi) is 2.52. The molecule has 0 fully saturated rings. The molecule has 1 rings (SSSR count). The summed E-state index contributed by atoms with van der Waals surface area (Å²) in [7, 11) is 0. The molecule has 13 heavy (non-hydrogen) atoms. The fourth-order valence-electron chi connectivity index (χ4n) is 0.431. The van der Waals surface area contributed by atoms with Gasteiger partial charge in [0, 0.05) is 0 Å². The third-order valence-corrected chi connectivity index (χ3v) is 1.54. The zero-order valence-electron chi connectivity index (χ0n) is 5.49. The zero-order valence-corrected chi connectivity index (χ0v) is 6.31. The lowest BCUT2D eigenvalue weighted by atomic mass is 10.4. The van der Waals surface area contributed by atoms with E-state index in [0.29, 0.717) is 0 Å². The van der Waals surface area contributed by atoms with Gasteiger partial charge in [-0.1, -0.05) is 0 Å². The minimum absolute atomic E-state index is 0.885. The molecule has 0 saturated carbocycles. The van der Waals surface area contributed by atoms with Crippen LogP contribution in [0.25, 0.3) is 0 Å². The third kappa shape index (κ3) is 1.92. The van der Waals surface area contributed by atoms with E-state index in [9.17, 15) is 26.3 Å². The van der Waals surface area contributed by atoms with Crippen LogP contribution in [0.15, 0.2) is 11.7 Å². The molecular weight excluding hydrogens is 226 g/mol. The van der Waals surface area contributed by atoms with Crippen molar-refractivity contribution in [1.82, 2.24) is 0 Å². The first kappa shape index (κ1) is 10.7. The van der Waals surface area contributed by atoms with E-state index in [1.54, 1.807) is 0 Å². The first-order valence-corrected chi connectivity index (χ1v) is 3.29. The SMILES string of the molecule is FC1=C(F)C(F)(F)OSOC1(F)F. The summed E-state index contributed by atoms with van der Waals surface area (Å²) in [4.78, 5) is 0. The predicted molar refractivity (Wildman–Crippen MR) is 28.9 cm³/mol. The Bertz CT molecular complexity index is 227. The smallest absolute Gasteiger partial charge is 0.216 e. The van der Waals surface area contributed by atoms with Crippen LogP contribution in [0.5, 0.6) is 0 Å². The van der Waals surface area contributed by atoms with E-state index in [2.05, 4.69) is 8.37 Å². The van der Waals surface area contributed by atoms with E-state index in [4.69, 9.17) is 0 Å². The second-order valence-electron chi connectivity index (χ2n) is 1.90. The van der Waals surface area contributed by atoms with Crippen molar-refractivity contribution in [3.05, 3.63) is 11.7 Å². The molecule has 1 aliphatic heterocycles. The van der Waals surface area contributed by atoms with Crippen LogP contribution in [0.3, 0.4) is 0 Å². The van der Waals surface area contributed by atoms with E-state index in [-0.39, 0.29) is 0 Å². The van der Waals surface area contributed by atoms with E-state index in [0.717, 1.165) is 0 Å². The second kappa shape index (κ2) is 3.07. The fourth-order valence-corrected chi connectivity index (χ4v) is 0.782. The molecular formula is C4F6O2S. The van der Waals surface area contributed by atoms with E-state index >= 15 is 0 Å². The van der Waals surface area contributed by atoms with Crippen LogP contribution in [0.1, 0.15) is 0 Å². The van der Waals surface area contributed by atoms with E-state index in [1.165, 1.54) is 0 Å². The lowest BCUT2D eigenvalue weighted by molar-refractivity contribution is -0.151. The normalized spacial score (nSPS) is 27.2. The van der Waals surface area contributed by atoms with Crippen molar-refractivity contribution in [1.29, 1.82) is 0 Å². The largest absolute Gasteiger partial charge is 0.424 e. The molecule has 0 aromatic heterocycles. The van der Waals surface area contributed by atoms with Gasteiger partial charge in [0.25, 0.3) is 0 Å². The highest BCUT2D eigenvalue weighted by molar-refractivity contribution is 7.89. The van der Waals surface area contributed by atoms with E-state index in [1.807, 2.05) is 0 Å². The Morgan fingerprint density at radius 1 is 0.846 bits per heavy atom. The van der Waals surface area contributed by atoms with Crippen molar-refractivity contribution in [3.63, 3.8) is 0 Å². The minimum atomic E-state index is -4.76. The Labute approximate surface area is 71.9 Å². The fraction of sp³-hybridized carbons (Fsp3) is 0.500. The first-order chi connectivity index (χ1) is 5.77. The minimum Gasteiger partial charge on any atom is -0.216 e. The van der Waals surface area contributed by atoms with Crippen LogP contribution in [-0.2, 0) is 8.37 Å². The van der Waals surface area contributed by atoms with Gasteiger partial charge < -0.3 is 0 Å². The van der Waals surface area contributed by atoms with Crippen LogP contribution < -0.4 is 0 Å². The van der Waals surface area contributed by atoms with Gasteiger partial charge in [0.05, 0.1) is 0 Å². The number of hydrogen-bond acceptors (Lipinski definition) is 3. The Hall–Kier alpha value is -0.410. The highest BCUT2D eigenvalue weighted by Crippen LogP contribution is 2.44. The zero-order chi connectivity index (χ0) is 10.3. The average Bonchev–Trinajstić information content (AvgIpc) is 2.04. The summed E-state index contributed by atoms with van der Waals surface area (Å²) in [5.41, 5.74) is 0. The molecule has 1 aliphatic rings. The monoisotopic (exact) mass is 226 g/mol. The molecule has 0 aromatic carbocycles. The van der Waals surface area contributed by atoms with Gasteiger partial charge in [-0.2, -0.15) is 26.3 Å². The standard InChI is InChI=1S/C4F6O2S/c5-1-2(6)4(9,10)12-13-11-3(1,7)8. The van der Waals surface area contributed by atoms with Crippen molar-refractivity contribution >= 4 is 12.3 Å². The van der Waals surface area contributed by atoms with Crippen LogP contribution >= 0.6 is 12.3 Å². The van der Waals surface area contributed by atoms with Gasteiger partial charge in [0.1, 0.15) is 0 Å². The highest BCUT2D eigenvalue weighted by Gasteiger charge is 2.53. The van der Waals surface area contributed by atoms with Crippen LogP contribution in [0, 0.1) is 0 Å². The van der Waals surface area contributed by atoms with Crippen LogP contribution in [0.4, 0.5) is 26.3 Å². The Morgan fingerprint density at radius 3 is 1.46 bits per heavy atom. The van der Waals surface area contributed by atoms with Gasteiger partial charge in [-0.05, 0) is 0 Å². The van der Waals surface area contributed by atoms with Gasteiger partial charge >= 0.3 is 12.2 Å². The van der Waals surface area contributed by atoms with Crippen molar-refractivity contribution in [2.75, 3.05) is 0 Å². The number of halogens is 6. The highest BCUT2D eigenvalue weighted by atomic mass is 32.2. The average molecular weight is 226 g/mol. The molecule has 0 N–H and O–H groups in total. The maximum Gasteiger partial charge on any atom is 0.424 e. The summed E-state index contributed by atoms with van der Waals surface area (Å²) in [6.45, 7) is 0. The maximum atomic E-state index is 12.2. The van der Waals surface area contributed by atoms with Gasteiger partial charge in [0.2, 0.25) is 11.7 Å². The molecule has 0 saturated heterocycles. The maximum absolute atomic E-state index is 12.2. The lowest BCUT2D eigenvalue weighted by Gasteiger charge is -2.08. The molecule has 0 unspecified atom stereocenters. The molecule has 0 radical (unpaired) electrons. The summed E-state index contributed by atoms with van der Waals surface area (Å²) in [6, 6.07) is 0. The summed E-state index contributed by atoms with van der Waals surface area (Å²) < 4.78 is 79.1. The molecule has 0 bridgehead atoms. The van der Waals surface area contributed by atoms with E-state index < -0.39 is 36.2 Å². The van der Waals surface area contributed by atoms with Gasteiger partial charge in [-0.3, -0.25) is 0 Å². The molecule has 2 nitrogen and oxygen atoms in total. The van der Waals surface area contributed by atoms with Gasteiger partial charge in [0.15, 0.2) is 12.3 Å². The molecule has 0 amide bonds. The van der Waals surface area contributed by atoms with Crippen molar-refractivity contribution in [2.24, 2.45) is 0 Å². The van der Waals surface area contributed by atoms with Gasteiger partial charge in [-0.25, -0.2) is 8.37 Å². The molecule has 9 heteroatoms. The lowest BCUT2D eigenvalue weighted by Crippen LogP contribution is -2.21. The number of hydrogen-bond donors (Lipinski definition) is 0. The molecule has 0 atom stereocenters. The Morgan fingerprint density at radius 2 is 1.15 bits per heavy atom. The van der Waals surface area contributed by atoms with Crippen molar-refractivity contribution in [2.45, 2.75) is 12.2 Å². The quantitative estimate of drug-likeness (QED) is 0.467. The first-order valence-electron chi connectivity index (χ1n) is 2.63. The van der Waals surface area contributed by atoms with Gasteiger partial charge in [-0.15, -0.1) is 0 Å². The summed E-state index contributed by atoms with van der Waals surface area (Å²) in [6.07, 6.45) is -9.51. The Balaban J connectivity index is 3.12. The van der Waals surface area contributed by atoms with Crippen molar-refractivity contribution < 1.29 is 34.7 Å². The topological polar surface area (TPSA) is 18.5 Å². The molecule has 0 spiro atoms. The van der Waals surface area contributed by atoms with Crippen LogP contribution in [-0.4, -0.2) is 12.2 Å².